The zero-order chi connectivity index (χ0) is 15.4. The van der Waals surface area contributed by atoms with Crippen LogP contribution in [0.15, 0.2) is 12.1 Å². The molecule has 1 saturated heterocycles. The molecule has 1 aromatic carbocycles. The largest absolute Gasteiger partial charge is 0.324 e. The number of rotatable bonds is 5. The standard InChI is InChI=1S/C14H18Cl3N3O/c1-2-20(9-3-4-18-7-9)8-14(21)19-13-6-11(16)10(15)5-12(13)17/h5-6,9,18H,2-4,7-8H2,1H3,(H,19,21). The van der Waals surface area contributed by atoms with Gasteiger partial charge >= 0.3 is 0 Å². The SMILES string of the molecule is CCN(CC(=O)Nc1cc(Cl)c(Cl)cc1Cl)C1CCNC1. The van der Waals surface area contributed by atoms with Gasteiger partial charge in [-0.25, -0.2) is 0 Å². The van der Waals surface area contributed by atoms with Gasteiger partial charge < -0.3 is 10.6 Å². The summed E-state index contributed by atoms with van der Waals surface area (Å²) in [6.07, 6.45) is 1.06. The van der Waals surface area contributed by atoms with Crippen LogP contribution in [0.25, 0.3) is 0 Å². The highest BCUT2D eigenvalue weighted by molar-refractivity contribution is 6.44. The van der Waals surface area contributed by atoms with E-state index in [9.17, 15) is 4.79 Å². The summed E-state index contributed by atoms with van der Waals surface area (Å²) >= 11 is 17.9. The summed E-state index contributed by atoms with van der Waals surface area (Å²) < 4.78 is 0. The minimum Gasteiger partial charge on any atom is -0.324 e. The zero-order valence-corrected chi connectivity index (χ0v) is 14.0. The summed E-state index contributed by atoms with van der Waals surface area (Å²) in [5, 5.41) is 7.21. The first kappa shape index (κ1) is 16.8. The molecule has 0 spiro atoms. The van der Waals surface area contributed by atoms with Crippen LogP contribution in [0.1, 0.15) is 13.3 Å². The van der Waals surface area contributed by atoms with E-state index in [0.29, 0.717) is 33.3 Å². The highest BCUT2D eigenvalue weighted by atomic mass is 35.5. The van der Waals surface area contributed by atoms with Crippen molar-refractivity contribution >= 4 is 46.4 Å². The van der Waals surface area contributed by atoms with E-state index < -0.39 is 0 Å². The van der Waals surface area contributed by atoms with Crippen LogP contribution in [-0.2, 0) is 4.79 Å². The summed E-state index contributed by atoms with van der Waals surface area (Å²) in [5.74, 6) is -0.107. The maximum atomic E-state index is 12.2. The third-order valence-corrected chi connectivity index (χ3v) is 4.62. The van der Waals surface area contributed by atoms with E-state index in [1.807, 2.05) is 0 Å². The number of carbonyl (C=O) groups excluding carboxylic acids is 1. The predicted octanol–water partition coefficient (Wildman–Crippen LogP) is 3.27. The molecule has 1 fully saturated rings. The Balaban J connectivity index is 1.99. The minimum atomic E-state index is -0.107. The smallest absolute Gasteiger partial charge is 0.238 e. The van der Waals surface area contributed by atoms with E-state index in [-0.39, 0.29) is 5.91 Å². The summed E-state index contributed by atoms with van der Waals surface area (Å²) in [5.41, 5.74) is 0.483. The Labute approximate surface area is 139 Å². The van der Waals surface area contributed by atoms with Gasteiger partial charge in [-0.3, -0.25) is 9.69 Å². The van der Waals surface area contributed by atoms with Gasteiger partial charge in [0.05, 0.1) is 27.3 Å². The minimum absolute atomic E-state index is 0.107. The van der Waals surface area contributed by atoms with E-state index in [1.165, 1.54) is 6.07 Å². The number of nitrogens with one attached hydrogen (secondary N) is 2. The fraction of sp³-hybridized carbons (Fsp3) is 0.500. The number of anilines is 1. The zero-order valence-electron chi connectivity index (χ0n) is 11.8. The maximum Gasteiger partial charge on any atom is 0.238 e. The first-order chi connectivity index (χ1) is 10.0. The molecular formula is C14H18Cl3N3O. The first-order valence-electron chi connectivity index (χ1n) is 6.90. The molecule has 1 aromatic rings. The van der Waals surface area contributed by atoms with Crippen molar-refractivity contribution in [3.63, 3.8) is 0 Å². The quantitative estimate of drug-likeness (QED) is 0.801. The lowest BCUT2D eigenvalue weighted by Gasteiger charge is -2.26. The molecule has 0 radical (unpaired) electrons. The number of benzene rings is 1. The van der Waals surface area contributed by atoms with E-state index in [2.05, 4.69) is 22.5 Å². The van der Waals surface area contributed by atoms with Crippen molar-refractivity contribution in [2.45, 2.75) is 19.4 Å². The fourth-order valence-electron chi connectivity index (χ4n) is 2.44. The van der Waals surface area contributed by atoms with Gasteiger partial charge in [-0.15, -0.1) is 0 Å². The normalized spacial score (nSPS) is 18.2. The second-order valence-electron chi connectivity index (χ2n) is 5.00. The van der Waals surface area contributed by atoms with Crippen LogP contribution in [0.2, 0.25) is 15.1 Å². The van der Waals surface area contributed by atoms with Crippen LogP contribution < -0.4 is 10.6 Å². The van der Waals surface area contributed by atoms with E-state index in [0.717, 1.165) is 26.1 Å². The Bertz CT molecular complexity index is 518. The Kier molecular flexibility index (Phi) is 6.14. The van der Waals surface area contributed by atoms with Crippen LogP contribution >= 0.6 is 34.8 Å². The average Bonchev–Trinajstić information content (AvgIpc) is 2.96. The fourth-order valence-corrected chi connectivity index (χ4v) is 3.04. The van der Waals surface area contributed by atoms with Crippen molar-refractivity contribution in [1.29, 1.82) is 0 Å². The predicted molar refractivity (Wildman–Crippen MR) is 88.6 cm³/mol. The molecule has 1 unspecified atom stereocenters. The molecule has 4 nitrogen and oxygen atoms in total. The number of nitrogens with zero attached hydrogens (tertiary/aromatic N) is 1. The van der Waals surface area contributed by atoms with Crippen LogP contribution in [0, 0.1) is 0 Å². The second kappa shape index (κ2) is 7.65. The molecule has 21 heavy (non-hydrogen) atoms. The molecule has 0 bridgehead atoms. The molecule has 1 heterocycles. The number of hydrogen-bond acceptors (Lipinski definition) is 3. The Morgan fingerprint density at radius 3 is 2.67 bits per heavy atom. The molecule has 2 N–H and O–H groups in total. The van der Waals surface area contributed by atoms with E-state index in [4.69, 9.17) is 34.8 Å². The molecule has 1 aliphatic rings. The number of likely N-dealkylation sites (N-methyl/N-ethyl adjacent to an activating group) is 1. The molecule has 7 heteroatoms. The van der Waals surface area contributed by atoms with Crippen molar-refractivity contribution in [3.05, 3.63) is 27.2 Å². The van der Waals surface area contributed by atoms with Crippen LogP contribution in [0.5, 0.6) is 0 Å². The third-order valence-electron chi connectivity index (χ3n) is 3.59. The molecule has 0 aromatic heterocycles. The molecule has 2 rings (SSSR count). The van der Waals surface area contributed by atoms with Gasteiger partial charge in [0.1, 0.15) is 0 Å². The Morgan fingerprint density at radius 1 is 1.33 bits per heavy atom. The van der Waals surface area contributed by atoms with Crippen LogP contribution in [0.4, 0.5) is 5.69 Å². The van der Waals surface area contributed by atoms with Gasteiger partial charge in [-0.05, 0) is 31.6 Å². The van der Waals surface area contributed by atoms with Crippen molar-refractivity contribution in [1.82, 2.24) is 10.2 Å². The number of halogens is 3. The van der Waals surface area contributed by atoms with Crippen LogP contribution in [0.3, 0.4) is 0 Å². The van der Waals surface area contributed by atoms with Gasteiger partial charge in [0.2, 0.25) is 5.91 Å². The van der Waals surface area contributed by atoms with Crippen molar-refractivity contribution < 1.29 is 4.79 Å². The van der Waals surface area contributed by atoms with Crippen molar-refractivity contribution in [3.8, 4) is 0 Å². The second-order valence-corrected chi connectivity index (χ2v) is 6.23. The molecule has 1 aliphatic heterocycles. The monoisotopic (exact) mass is 349 g/mol. The number of carbonyl (C=O) groups is 1. The lowest BCUT2D eigenvalue weighted by molar-refractivity contribution is -0.117. The molecule has 0 saturated carbocycles. The average molecular weight is 351 g/mol. The van der Waals surface area contributed by atoms with Gasteiger partial charge in [-0.1, -0.05) is 41.7 Å². The molecule has 0 aliphatic carbocycles. The van der Waals surface area contributed by atoms with Gasteiger partial charge in [0, 0.05) is 12.6 Å². The van der Waals surface area contributed by atoms with Crippen LogP contribution in [-0.4, -0.2) is 43.0 Å². The van der Waals surface area contributed by atoms with E-state index >= 15 is 0 Å². The van der Waals surface area contributed by atoms with Crippen molar-refractivity contribution in [2.75, 3.05) is 31.5 Å². The molecule has 116 valence electrons. The molecule has 1 amide bonds. The highest BCUT2D eigenvalue weighted by Crippen LogP contribution is 2.32. The van der Waals surface area contributed by atoms with E-state index in [1.54, 1.807) is 6.07 Å². The topological polar surface area (TPSA) is 44.4 Å². The maximum absolute atomic E-state index is 12.2. The highest BCUT2D eigenvalue weighted by Gasteiger charge is 2.23. The third kappa shape index (κ3) is 4.47. The first-order valence-corrected chi connectivity index (χ1v) is 8.03. The van der Waals surface area contributed by atoms with Gasteiger partial charge in [0.25, 0.3) is 0 Å². The Hall–Kier alpha value is -0.520. The number of hydrogen-bond donors (Lipinski definition) is 2. The summed E-state index contributed by atoms with van der Waals surface area (Å²) in [7, 11) is 0. The summed E-state index contributed by atoms with van der Waals surface area (Å²) in [6, 6.07) is 3.50. The van der Waals surface area contributed by atoms with Gasteiger partial charge in [0.15, 0.2) is 0 Å². The lowest BCUT2D eigenvalue weighted by Crippen LogP contribution is -2.41. The van der Waals surface area contributed by atoms with Gasteiger partial charge in [-0.2, -0.15) is 0 Å². The lowest BCUT2D eigenvalue weighted by atomic mass is 10.2. The summed E-state index contributed by atoms with van der Waals surface area (Å²) in [4.78, 5) is 14.3. The number of amides is 1. The molecule has 1 atom stereocenters. The molecular weight excluding hydrogens is 333 g/mol. The Morgan fingerprint density at radius 2 is 2.05 bits per heavy atom. The summed E-state index contributed by atoms with van der Waals surface area (Å²) in [6.45, 7) is 5.14. The van der Waals surface area contributed by atoms with Crippen molar-refractivity contribution in [2.24, 2.45) is 0 Å².